The highest BCUT2D eigenvalue weighted by Crippen LogP contribution is 2.29. The van der Waals surface area contributed by atoms with E-state index in [0.717, 1.165) is 11.3 Å². The van der Waals surface area contributed by atoms with Crippen molar-refractivity contribution in [2.45, 2.75) is 0 Å². The summed E-state index contributed by atoms with van der Waals surface area (Å²) in [5.74, 6) is -4.34. The molecule has 0 spiro atoms. The molecule has 2 heterocycles. The smallest absolute Gasteiger partial charge is 0.275 e. The maximum Gasteiger partial charge on any atom is 0.275 e. The third kappa shape index (κ3) is 4.50. The summed E-state index contributed by atoms with van der Waals surface area (Å²) in [6.07, 6.45) is 0. The van der Waals surface area contributed by atoms with Gasteiger partial charge in [0.15, 0.2) is 21.3 Å². The second-order valence-corrected chi connectivity index (χ2v) is 7.47. The van der Waals surface area contributed by atoms with Gasteiger partial charge >= 0.3 is 0 Å². The van der Waals surface area contributed by atoms with Crippen molar-refractivity contribution < 1.29 is 19.3 Å². The van der Waals surface area contributed by atoms with E-state index in [1.54, 1.807) is 0 Å². The van der Waals surface area contributed by atoms with E-state index in [2.05, 4.69) is 43.7 Å². The van der Waals surface area contributed by atoms with Crippen LogP contribution in [-0.4, -0.2) is 43.6 Å². The van der Waals surface area contributed by atoms with Crippen LogP contribution in [0.2, 0.25) is 0 Å². The number of amides is 3. The molecule has 1 aromatic carbocycles. The van der Waals surface area contributed by atoms with Crippen LogP contribution in [-0.2, 0) is 14.4 Å². The number of benzene rings is 1. The number of thiazole rings is 1. The molecule has 30 heavy (non-hydrogen) atoms. The highest BCUT2D eigenvalue weighted by atomic mass is 32.1. The number of hydrogen-bond donors (Lipinski definition) is 5. The van der Waals surface area contributed by atoms with Crippen LogP contribution in [0.1, 0.15) is 0 Å². The minimum absolute atomic E-state index is 0.0608. The first-order chi connectivity index (χ1) is 14.2. The van der Waals surface area contributed by atoms with E-state index in [0.29, 0.717) is 10.2 Å². The van der Waals surface area contributed by atoms with Crippen LogP contribution >= 0.6 is 35.8 Å². The summed E-state index contributed by atoms with van der Waals surface area (Å²) < 4.78 is 0.442. The van der Waals surface area contributed by atoms with Gasteiger partial charge in [-0.15, -0.1) is 0 Å². The molecule has 0 atom stereocenters. The Morgan fingerprint density at radius 3 is 2.60 bits per heavy atom. The number of carbonyl (C=O) groups is 3. The Balaban J connectivity index is 1.90. The number of carbonyl (C=O) groups excluding carboxylic acids is 3. The Morgan fingerprint density at radius 1 is 1.33 bits per heavy atom. The van der Waals surface area contributed by atoms with Gasteiger partial charge in [0, 0.05) is 12.1 Å². The Bertz CT molecular complexity index is 1140. The number of nitrogens with zero attached hydrogens (tertiary/aromatic N) is 3. The van der Waals surface area contributed by atoms with Gasteiger partial charge in [-0.2, -0.15) is 5.10 Å². The number of nitro benzene ring substituents is 1. The molecular formula is C14H10N8O5S3. The quantitative estimate of drug-likeness (QED) is 0.126. The molecule has 16 heteroatoms. The third-order valence-electron chi connectivity index (χ3n) is 3.59. The van der Waals surface area contributed by atoms with E-state index >= 15 is 0 Å². The zero-order valence-corrected chi connectivity index (χ0v) is 16.9. The van der Waals surface area contributed by atoms with E-state index in [9.17, 15) is 24.5 Å². The lowest BCUT2D eigenvalue weighted by Gasteiger charge is -2.22. The SMILES string of the molecule is NC(=S)N/N=C(\C(=O)Nc1nc2ccc([N+](=O)[O-])cc2s1)C1C(=O)NC(=S)NC1=O. The number of hydrogen-bond acceptors (Lipinski definition) is 10. The number of fused-ring (bicyclic) bond motifs is 1. The van der Waals surface area contributed by atoms with Gasteiger partial charge in [0.25, 0.3) is 11.6 Å². The molecule has 0 radical (unpaired) electrons. The van der Waals surface area contributed by atoms with E-state index in [4.69, 9.17) is 18.0 Å². The number of nitrogens with two attached hydrogens (primary N) is 1. The molecule has 0 aliphatic carbocycles. The van der Waals surface area contributed by atoms with Gasteiger partial charge in [-0.3, -0.25) is 35.2 Å². The number of nitrogens with one attached hydrogen (secondary N) is 4. The van der Waals surface area contributed by atoms with Crippen molar-refractivity contribution in [2.24, 2.45) is 16.8 Å². The van der Waals surface area contributed by atoms with Crippen molar-refractivity contribution in [1.29, 1.82) is 0 Å². The van der Waals surface area contributed by atoms with Crippen LogP contribution in [0.4, 0.5) is 10.8 Å². The summed E-state index contributed by atoms with van der Waals surface area (Å²) >= 11 is 10.3. The van der Waals surface area contributed by atoms with Crippen molar-refractivity contribution in [2.75, 3.05) is 5.32 Å². The molecular weight excluding hydrogens is 456 g/mol. The highest BCUT2D eigenvalue weighted by Gasteiger charge is 2.40. The second kappa shape index (κ2) is 8.39. The summed E-state index contributed by atoms with van der Waals surface area (Å²) in [6.45, 7) is 0. The van der Waals surface area contributed by atoms with Gasteiger partial charge in [0.2, 0.25) is 11.8 Å². The fourth-order valence-electron chi connectivity index (χ4n) is 2.37. The second-order valence-electron chi connectivity index (χ2n) is 5.60. The van der Waals surface area contributed by atoms with Gasteiger partial charge in [0.05, 0.1) is 15.1 Å². The monoisotopic (exact) mass is 466 g/mol. The number of nitro groups is 1. The number of non-ortho nitro benzene ring substituents is 1. The average molecular weight is 466 g/mol. The van der Waals surface area contributed by atoms with Crippen LogP contribution in [0.25, 0.3) is 10.2 Å². The number of rotatable bonds is 5. The molecule has 13 nitrogen and oxygen atoms in total. The lowest BCUT2D eigenvalue weighted by Crippen LogP contribution is -2.59. The molecule has 1 aromatic heterocycles. The first-order valence-corrected chi connectivity index (χ1v) is 9.44. The average Bonchev–Trinajstić information content (AvgIpc) is 3.04. The predicted molar refractivity (Wildman–Crippen MR) is 115 cm³/mol. The normalized spacial score (nSPS) is 14.8. The van der Waals surface area contributed by atoms with E-state index < -0.39 is 34.3 Å². The zero-order valence-electron chi connectivity index (χ0n) is 14.5. The summed E-state index contributed by atoms with van der Waals surface area (Å²) in [5.41, 5.74) is 7.17. The maximum atomic E-state index is 12.7. The first kappa shape index (κ1) is 21.1. The topological polar surface area (TPSA) is 194 Å². The Kier molecular flexibility index (Phi) is 5.90. The molecule has 1 aliphatic rings. The fraction of sp³-hybridized carbons (Fsp3) is 0.0714. The van der Waals surface area contributed by atoms with Gasteiger partial charge in [-0.05, 0) is 30.5 Å². The van der Waals surface area contributed by atoms with E-state index in [1.807, 2.05) is 0 Å². The van der Waals surface area contributed by atoms with E-state index in [1.165, 1.54) is 18.2 Å². The van der Waals surface area contributed by atoms with Crippen molar-refractivity contribution in [1.82, 2.24) is 21.0 Å². The molecule has 0 bridgehead atoms. The Labute approximate surface area is 181 Å². The molecule has 154 valence electrons. The van der Waals surface area contributed by atoms with Gasteiger partial charge in [-0.1, -0.05) is 11.3 Å². The zero-order chi connectivity index (χ0) is 22.0. The summed E-state index contributed by atoms with van der Waals surface area (Å²) in [7, 11) is 0. The van der Waals surface area contributed by atoms with E-state index in [-0.39, 0.29) is 21.0 Å². The number of thiocarbonyl (C=S) groups is 2. The van der Waals surface area contributed by atoms with Crippen LogP contribution in [0.3, 0.4) is 0 Å². The van der Waals surface area contributed by atoms with Crippen LogP contribution in [0, 0.1) is 16.0 Å². The van der Waals surface area contributed by atoms with Crippen molar-refractivity contribution in [3.63, 3.8) is 0 Å². The molecule has 1 fully saturated rings. The first-order valence-electron chi connectivity index (χ1n) is 7.80. The van der Waals surface area contributed by atoms with Crippen LogP contribution < -0.4 is 27.1 Å². The minimum Gasteiger partial charge on any atom is -0.375 e. The summed E-state index contributed by atoms with van der Waals surface area (Å²) in [4.78, 5) is 51.6. The number of anilines is 1. The molecule has 0 saturated carbocycles. The highest BCUT2D eigenvalue weighted by molar-refractivity contribution is 7.80. The Morgan fingerprint density at radius 2 is 2.00 bits per heavy atom. The molecule has 3 amide bonds. The number of hydrazone groups is 1. The fourth-order valence-corrected chi connectivity index (χ4v) is 3.51. The lowest BCUT2D eigenvalue weighted by molar-refractivity contribution is -0.384. The largest absolute Gasteiger partial charge is 0.375 e. The molecule has 3 rings (SSSR count). The van der Waals surface area contributed by atoms with Crippen LogP contribution in [0.5, 0.6) is 0 Å². The molecule has 1 aliphatic heterocycles. The van der Waals surface area contributed by atoms with Crippen molar-refractivity contribution >= 4 is 90.5 Å². The molecule has 0 unspecified atom stereocenters. The molecule has 6 N–H and O–H groups in total. The summed E-state index contributed by atoms with van der Waals surface area (Å²) in [6, 6.07) is 3.99. The van der Waals surface area contributed by atoms with Crippen molar-refractivity contribution in [3.8, 4) is 0 Å². The number of aromatic nitrogens is 1. The maximum absolute atomic E-state index is 12.7. The van der Waals surface area contributed by atoms with Crippen molar-refractivity contribution in [3.05, 3.63) is 28.3 Å². The predicted octanol–water partition coefficient (Wildman–Crippen LogP) is -0.521. The van der Waals surface area contributed by atoms with Crippen LogP contribution in [0.15, 0.2) is 23.3 Å². The van der Waals surface area contributed by atoms with Gasteiger partial charge in [0.1, 0.15) is 5.71 Å². The third-order valence-corrected chi connectivity index (χ3v) is 4.82. The van der Waals surface area contributed by atoms with Gasteiger partial charge < -0.3 is 16.4 Å². The lowest BCUT2D eigenvalue weighted by atomic mass is 9.99. The summed E-state index contributed by atoms with van der Waals surface area (Å²) in [5, 5.41) is 20.9. The Hall–Kier alpha value is -3.63. The standard InChI is InChI=1S/C14H10N8O5S3/c15-12(28)21-20-8(7-9(23)17-13(29)18-10(7)24)11(25)19-14-16-5-2-1-4(22(26)27)3-6(5)30-14/h1-3,7H,(H3,15,21,28)(H,16,19,25)(H2,17,18,23,24,29)/b20-8-. The molecule has 2 aromatic rings. The van der Waals surface area contributed by atoms with Gasteiger partial charge in [-0.25, -0.2) is 4.98 Å². The minimum atomic E-state index is -1.64. The molecule has 1 saturated heterocycles.